The first kappa shape index (κ1) is 15.0. The van der Waals surface area contributed by atoms with E-state index in [4.69, 9.17) is 0 Å². The molecule has 0 spiro atoms. The summed E-state index contributed by atoms with van der Waals surface area (Å²) in [7, 11) is 0. The van der Waals surface area contributed by atoms with Gasteiger partial charge in [0, 0.05) is 6.04 Å². The van der Waals surface area contributed by atoms with Gasteiger partial charge in [-0.3, -0.25) is 10.1 Å². The van der Waals surface area contributed by atoms with Crippen molar-refractivity contribution in [2.45, 2.75) is 45.8 Å². The first-order valence-corrected chi connectivity index (χ1v) is 7.29. The smallest absolute Gasteiger partial charge is 0.238 e. The van der Waals surface area contributed by atoms with Crippen molar-refractivity contribution in [2.75, 3.05) is 6.54 Å². The Labute approximate surface area is 120 Å². The van der Waals surface area contributed by atoms with Crippen LogP contribution in [-0.4, -0.2) is 23.4 Å². The monoisotopic (exact) mass is 278 g/mol. The lowest BCUT2D eigenvalue weighted by Crippen LogP contribution is -2.38. The Morgan fingerprint density at radius 2 is 2.10 bits per heavy atom. The van der Waals surface area contributed by atoms with Gasteiger partial charge >= 0.3 is 0 Å². The molecule has 3 nitrogen and oxygen atoms in total. The third kappa shape index (κ3) is 3.37. The molecular formula is C16H23FN2O. The molecule has 1 saturated heterocycles. The van der Waals surface area contributed by atoms with Crippen LogP contribution in [0.1, 0.15) is 45.3 Å². The summed E-state index contributed by atoms with van der Waals surface area (Å²) in [5.41, 5.74) is 0.812. The van der Waals surface area contributed by atoms with E-state index in [0.717, 1.165) is 18.4 Å². The molecule has 1 aromatic rings. The van der Waals surface area contributed by atoms with E-state index in [0.29, 0.717) is 12.5 Å². The molecule has 0 aliphatic carbocycles. The molecule has 1 N–H and O–H groups in total. The van der Waals surface area contributed by atoms with Crippen LogP contribution in [-0.2, 0) is 4.79 Å². The minimum absolute atomic E-state index is 0.0931. The van der Waals surface area contributed by atoms with Crippen LogP contribution in [0.5, 0.6) is 0 Å². The van der Waals surface area contributed by atoms with E-state index >= 15 is 0 Å². The van der Waals surface area contributed by atoms with Crippen molar-refractivity contribution >= 4 is 5.91 Å². The van der Waals surface area contributed by atoms with Gasteiger partial charge in [0.2, 0.25) is 5.91 Å². The second-order valence-electron chi connectivity index (χ2n) is 5.96. The number of nitrogens with one attached hydrogen (secondary N) is 1. The predicted octanol–water partition coefficient (Wildman–Crippen LogP) is 3.08. The summed E-state index contributed by atoms with van der Waals surface area (Å²) in [5.74, 6) is 0.449. The summed E-state index contributed by atoms with van der Waals surface area (Å²) in [6, 6.07) is 6.63. The number of benzene rings is 1. The van der Waals surface area contributed by atoms with Crippen LogP contribution in [0, 0.1) is 11.7 Å². The molecule has 1 aliphatic heterocycles. The minimum Gasteiger partial charge on any atom is -0.319 e. The van der Waals surface area contributed by atoms with Crippen LogP contribution in [0.2, 0.25) is 0 Å². The van der Waals surface area contributed by atoms with E-state index in [1.54, 1.807) is 6.07 Å². The highest BCUT2D eigenvalue weighted by atomic mass is 19.1. The number of hydrogen-bond donors (Lipinski definition) is 1. The van der Waals surface area contributed by atoms with Crippen molar-refractivity contribution in [3.05, 3.63) is 35.6 Å². The van der Waals surface area contributed by atoms with Crippen LogP contribution in [0.3, 0.4) is 0 Å². The molecule has 2 atom stereocenters. The zero-order valence-electron chi connectivity index (χ0n) is 12.4. The summed E-state index contributed by atoms with van der Waals surface area (Å²) in [6.07, 6.45) is 1.85. The van der Waals surface area contributed by atoms with Gasteiger partial charge in [0.25, 0.3) is 0 Å². The fourth-order valence-electron chi connectivity index (χ4n) is 2.69. The molecule has 1 fully saturated rings. The molecular weight excluding hydrogens is 255 g/mol. The van der Waals surface area contributed by atoms with Crippen LogP contribution in [0.25, 0.3) is 0 Å². The average molecular weight is 278 g/mol. The third-order valence-electron chi connectivity index (χ3n) is 3.81. The van der Waals surface area contributed by atoms with Crippen molar-refractivity contribution in [1.29, 1.82) is 0 Å². The van der Waals surface area contributed by atoms with Crippen molar-refractivity contribution in [3.8, 4) is 0 Å². The van der Waals surface area contributed by atoms with E-state index in [2.05, 4.69) is 26.1 Å². The number of nitrogens with zero attached hydrogens (tertiary/aromatic N) is 1. The molecule has 2 unspecified atom stereocenters. The van der Waals surface area contributed by atoms with Gasteiger partial charge in [-0.2, -0.15) is 0 Å². The van der Waals surface area contributed by atoms with Crippen LogP contribution in [0.15, 0.2) is 24.3 Å². The van der Waals surface area contributed by atoms with Gasteiger partial charge in [0.15, 0.2) is 0 Å². The highest BCUT2D eigenvalue weighted by molar-refractivity contribution is 5.81. The minimum atomic E-state index is -0.265. The lowest BCUT2D eigenvalue weighted by Gasteiger charge is -2.31. The number of amides is 1. The van der Waals surface area contributed by atoms with Gasteiger partial charge in [-0.1, -0.05) is 26.0 Å². The summed E-state index contributed by atoms with van der Waals surface area (Å²) in [4.78, 5) is 14.0. The maximum atomic E-state index is 13.4. The summed E-state index contributed by atoms with van der Waals surface area (Å²) in [6.45, 7) is 6.76. The number of hydrogen-bond acceptors (Lipinski definition) is 2. The van der Waals surface area contributed by atoms with Crippen LogP contribution in [0.4, 0.5) is 4.39 Å². The van der Waals surface area contributed by atoms with E-state index in [9.17, 15) is 9.18 Å². The van der Waals surface area contributed by atoms with E-state index in [1.807, 2.05) is 11.0 Å². The Bertz CT molecular complexity index is 475. The molecule has 110 valence electrons. The fourth-order valence-corrected chi connectivity index (χ4v) is 2.69. The van der Waals surface area contributed by atoms with Gasteiger partial charge in [-0.15, -0.1) is 0 Å². The highest BCUT2D eigenvalue weighted by Crippen LogP contribution is 2.27. The second-order valence-corrected chi connectivity index (χ2v) is 5.96. The molecule has 1 amide bonds. The summed E-state index contributed by atoms with van der Waals surface area (Å²) in [5, 5.41) is 3.18. The highest BCUT2D eigenvalue weighted by Gasteiger charge is 2.34. The largest absolute Gasteiger partial charge is 0.319 e. The van der Waals surface area contributed by atoms with E-state index in [1.165, 1.54) is 12.1 Å². The first-order valence-electron chi connectivity index (χ1n) is 7.29. The van der Waals surface area contributed by atoms with Crippen molar-refractivity contribution in [3.63, 3.8) is 0 Å². The molecule has 1 heterocycles. The number of rotatable bonds is 5. The number of carbonyl (C=O) groups excluding carboxylic acids is 1. The van der Waals surface area contributed by atoms with Crippen molar-refractivity contribution in [1.82, 2.24) is 10.2 Å². The van der Waals surface area contributed by atoms with Crippen LogP contribution >= 0.6 is 0 Å². The Balaban J connectivity index is 2.14. The first-order chi connectivity index (χ1) is 9.49. The Morgan fingerprint density at radius 3 is 2.75 bits per heavy atom. The lowest BCUT2D eigenvalue weighted by molar-refractivity contribution is -0.130. The van der Waals surface area contributed by atoms with Gasteiger partial charge in [0.1, 0.15) is 12.0 Å². The quantitative estimate of drug-likeness (QED) is 0.897. The SMILES string of the molecule is CC(C)CCC(C)N1C(=O)CNC1c1cccc(F)c1. The maximum Gasteiger partial charge on any atom is 0.238 e. The average Bonchev–Trinajstić information content (AvgIpc) is 2.78. The fraction of sp³-hybridized carbons (Fsp3) is 0.562. The van der Waals surface area contributed by atoms with Gasteiger partial charge < -0.3 is 4.90 Å². The zero-order chi connectivity index (χ0) is 14.7. The van der Waals surface area contributed by atoms with Gasteiger partial charge in [0.05, 0.1) is 6.54 Å². The number of halogens is 1. The second kappa shape index (κ2) is 6.35. The van der Waals surface area contributed by atoms with Crippen LogP contribution < -0.4 is 5.32 Å². The van der Waals surface area contributed by atoms with E-state index < -0.39 is 0 Å². The third-order valence-corrected chi connectivity index (χ3v) is 3.81. The maximum absolute atomic E-state index is 13.4. The Hall–Kier alpha value is -1.42. The molecule has 1 aromatic carbocycles. The van der Waals surface area contributed by atoms with Gasteiger partial charge in [-0.05, 0) is 43.4 Å². The molecule has 0 bridgehead atoms. The molecule has 2 rings (SSSR count). The molecule has 0 saturated carbocycles. The topological polar surface area (TPSA) is 32.3 Å². The molecule has 0 aromatic heterocycles. The molecule has 0 radical (unpaired) electrons. The predicted molar refractivity (Wildman–Crippen MR) is 77.5 cm³/mol. The normalized spacial score (nSPS) is 20.8. The molecule has 4 heteroatoms. The molecule has 1 aliphatic rings. The van der Waals surface area contributed by atoms with Crippen molar-refractivity contribution < 1.29 is 9.18 Å². The molecule has 20 heavy (non-hydrogen) atoms. The lowest BCUT2D eigenvalue weighted by atomic mass is 10.0. The van der Waals surface area contributed by atoms with Gasteiger partial charge in [-0.25, -0.2) is 4.39 Å². The van der Waals surface area contributed by atoms with Crippen molar-refractivity contribution in [2.24, 2.45) is 5.92 Å². The number of carbonyl (C=O) groups is 1. The summed E-state index contributed by atoms with van der Waals surface area (Å²) < 4.78 is 13.4. The Morgan fingerprint density at radius 1 is 1.35 bits per heavy atom. The zero-order valence-corrected chi connectivity index (χ0v) is 12.4. The summed E-state index contributed by atoms with van der Waals surface area (Å²) >= 11 is 0. The standard InChI is InChI=1S/C16H23FN2O/c1-11(2)7-8-12(3)19-15(20)10-18-16(19)13-5-4-6-14(17)9-13/h4-6,9,11-12,16,18H,7-8,10H2,1-3H3. The van der Waals surface area contributed by atoms with E-state index in [-0.39, 0.29) is 23.9 Å². The Kier molecular flexibility index (Phi) is 4.76.